The number of nitrogens with zero attached hydrogens (tertiary/aromatic N) is 3. The van der Waals surface area contributed by atoms with E-state index in [2.05, 4.69) is 20.6 Å². The fourth-order valence-electron chi connectivity index (χ4n) is 3.17. The van der Waals surface area contributed by atoms with E-state index in [1.807, 2.05) is 25.7 Å². The van der Waals surface area contributed by atoms with Crippen LogP contribution in [0.25, 0.3) is 10.9 Å². The Morgan fingerprint density at radius 3 is 2.57 bits per heavy atom. The molecule has 0 unspecified atom stereocenters. The first-order valence-corrected chi connectivity index (χ1v) is 9.21. The van der Waals surface area contributed by atoms with Gasteiger partial charge in [0.2, 0.25) is 11.9 Å². The van der Waals surface area contributed by atoms with Gasteiger partial charge >= 0.3 is 0 Å². The van der Waals surface area contributed by atoms with Gasteiger partial charge in [-0.05, 0) is 26.8 Å². The number of nitrogens with one attached hydrogen (secondary N) is 2. The Kier molecular flexibility index (Phi) is 5.46. The summed E-state index contributed by atoms with van der Waals surface area (Å²) in [5.41, 5.74) is 6.56. The van der Waals surface area contributed by atoms with Crippen LogP contribution in [0.2, 0.25) is 0 Å². The lowest BCUT2D eigenvalue weighted by Crippen LogP contribution is -2.59. The molecule has 0 saturated carbocycles. The number of piperazine rings is 1. The second-order valence-electron chi connectivity index (χ2n) is 7.83. The van der Waals surface area contributed by atoms with Gasteiger partial charge in [0.05, 0.1) is 19.7 Å². The Bertz CT molecular complexity index is 880. The minimum absolute atomic E-state index is 0.0441. The number of amides is 1. The van der Waals surface area contributed by atoms with Crippen molar-refractivity contribution >= 4 is 28.6 Å². The zero-order chi connectivity index (χ0) is 20.5. The fraction of sp³-hybridized carbons (Fsp3) is 0.526. The van der Waals surface area contributed by atoms with E-state index < -0.39 is 0 Å². The van der Waals surface area contributed by atoms with Gasteiger partial charge in [0, 0.05) is 36.6 Å². The van der Waals surface area contributed by atoms with Gasteiger partial charge in [-0.2, -0.15) is 4.98 Å². The minimum atomic E-state index is -0.348. The molecular weight excluding hydrogens is 360 g/mol. The summed E-state index contributed by atoms with van der Waals surface area (Å²) in [6.07, 6.45) is 0. The molecule has 0 bridgehead atoms. The van der Waals surface area contributed by atoms with Crippen LogP contribution in [0.5, 0.6) is 11.5 Å². The number of hydrogen-bond acceptors (Lipinski definition) is 8. The summed E-state index contributed by atoms with van der Waals surface area (Å²) >= 11 is 0. The standard InChI is InChI=1S/C19H28N6O3/c1-19(2,3)24-17(26)13-10-25(7-6-21-13)18-22-12-9-15(28-5)14(27-4)8-11(12)16(20)23-18/h8-9,13,21H,6-7,10H2,1-5H3,(H,24,26)(H2,20,22,23)/t13-/m1/s1. The number of nitrogen functional groups attached to an aromatic ring is 1. The summed E-state index contributed by atoms with van der Waals surface area (Å²) < 4.78 is 10.7. The maximum absolute atomic E-state index is 12.5. The highest BCUT2D eigenvalue weighted by Gasteiger charge is 2.29. The van der Waals surface area contributed by atoms with Crippen molar-refractivity contribution in [3.05, 3.63) is 12.1 Å². The van der Waals surface area contributed by atoms with E-state index in [1.54, 1.807) is 26.4 Å². The zero-order valence-corrected chi connectivity index (χ0v) is 17.0. The molecule has 2 heterocycles. The van der Waals surface area contributed by atoms with Gasteiger partial charge in [-0.1, -0.05) is 0 Å². The van der Waals surface area contributed by atoms with Gasteiger partial charge in [-0.25, -0.2) is 4.98 Å². The largest absolute Gasteiger partial charge is 0.493 e. The number of rotatable bonds is 4. The van der Waals surface area contributed by atoms with Crippen molar-refractivity contribution in [2.24, 2.45) is 0 Å². The van der Waals surface area contributed by atoms with E-state index in [0.717, 1.165) is 0 Å². The molecule has 28 heavy (non-hydrogen) atoms. The molecule has 1 aliphatic rings. The first kappa shape index (κ1) is 19.9. The lowest BCUT2D eigenvalue weighted by atomic mass is 10.1. The molecule has 3 rings (SSSR count). The van der Waals surface area contributed by atoms with E-state index in [-0.39, 0.29) is 17.5 Å². The van der Waals surface area contributed by atoms with Gasteiger partial charge in [-0.15, -0.1) is 0 Å². The van der Waals surface area contributed by atoms with Crippen molar-refractivity contribution < 1.29 is 14.3 Å². The highest BCUT2D eigenvalue weighted by Crippen LogP contribution is 2.34. The Hall–Kier alpha value is -2.81. The van der Waals surface area contributed by atoms with Crippen LogP contribution in [-0.4, -0.2) is 61.3 Å². The van der Waals surface area contributed by atoms with Crippen molar-refractivity contribution in [2.45, 2.75) is 32.4 Å². The van der Waals surface area contributed by atoms with Crippen molar-refractivity contribution in [2.75, 3.05) is 44.5 Å². The molecule has 0 radical (unpaired) electrons. The van der Waals surface area contributed by atoms with E-state index in [1.165, 1.54) is 0 Å². The van der Waals surface area contributed by atoms with E-state index >= 15 is 0 Å². The second-order valence-corrected chi connectivity index (χ2v) is 7.83. The zero-order valence-electron chi connectivity index (χ0n) is 17.0. The molecule has 2 aromatic rings. The molecule has 9 heteroatoms. The smallest absolute Gasteiger partial charge is 0.239 e. The van der Waals surface area contributed by atoms with Crippen LogP contribution in [0.15, 0.2) is 12.1 Å². The van der Waals surface area contributed by atoms with Crippen LogP contribution in [-0.2, 0) is 4.79 Å². The third kappa shape index (κ3) is 4.19. The normalized spacial score (nSPS) is 17.5. The van der Waals surface area contributed by atoms with Gasteiger partial charge in [-0.3, -0.25) is 4.79 Å². The summed E-state index contributed by atoms with van der Waals surface area (Å²) in [5, 5.41) is 6.95. The monoisotopic (exact) mass is 388 g/mol. The van der Waals surface area contributed by atoms with Crippen molar-refractivity contribution in [3.8, 4) is 11.5 Å². The molecule has 1 saturated heterocycles. The quantitative estimate of drug-likeness (QED) is 0.708. The molecule has 1 aromatic heterocycles. The highest BCUT2D eigenvalue weighted by atomic mass is 16.5. The summed E-state index contributed by atoms with van der Waals surface area (Å²) in [4.78, 5) is 23.6. The maximum atomic E-state index is 12.5. The van der Waals surface area contributed by atoms with E-state index in [4.69, 9.17) is 15.2 Å². The predicted molar refractivity (Wildman–Crippen MR) is 109 cm³/mol. The molecule has 9 nitrogen and oxygen atoms in total. The van der Waals surface area contributed by atoms with Gasteiger partial charge in [0.25, 0.3) is 0 Å². The van der Waals surface area contributed by atoms with Gasteiger partial charge in [0.1, 0.15) is 11.9 Å². The molecule has 4 N–H and O–H groups in total. The molecular formula is C19H28N6O3. The Morgan fingerprint density at radius 2 is 1.93 bits per heavy atom. The average Bonchev–Trinajstić information content (AvgIpc) is 2.65. The van der Waals surface area contributed by atoms with Gasteiger partial charge < -0.3 is 30.7 Å². The molecule has 1 fully saturated rings. The summed E-state index contributed by atoms with van der Waals surface area (Å²) in [6.45, 7) is 7.66. The molecule has 152 valence electrons. The lowest BCUT2D eigenvalue weighted by molar-refractivity contribution is -0.124. The van der Waals surface area contributed by atoms with Crippen LogP contribution in [0, 0.1) is 0 Å². The van der Waals surface area contributed by atoms with Crippen molar-refractivity contribution in [1.82, 2.24) is 20.6 Å². The number of methoxy groups -OCH3 is 2. The maximum Gasteiger partial charge on any atom is 0.239 e. The number of nitrogens with two attached hydrogens (primary N) is 1. The Labute approximate surface area is 164 Å². The molecule has 1 aliphatic heterocycles. The number of ether oxygens (including phenoxy) is 2. The van der Waals surface area contributed by atoms with Crippen LogP contribution in [0.3, 0.4) is 0 Å². The lowest BCUT2D eigenvalue weighted by Gasteiger charge is -2.34. The van der Waals surface area contributed by atoms with Crippen LogP contribution in [0.1, 0.15) is 20.8 Å². The van der Waals surface area contributed by atoms with Crippen LogP contribution >= 0.6 is 0 Å². The SMILES string of the molecule is COc1cc2nc(N3CCN[C@@H](C(=O)NC(C)(C)C)C3)nc(N)c2cc1OC. The first-order valence-electron chi connectivity index (χ1n) is 9.21. The van der Waals surface area contributed by atoms with Crippen molar-refractivity contribution in [1.29, 1.82) is 0 Å². The number of benzene rings is 1. The van der Waals surface area contributed by atoms with E-state index in [9.17, 15) is 4.79 Å². The number of hydrogen-bond donors (Lipinski definition) is 3. The number of carbonyl (C=O) groups is 1. The number of anilines is 2. The summed E-state index contributed by atoms with van der Waals surface area (Å²) in [7, 11) is 3.14. The van der Waals surface area contributed by atoms with Crippen molar-refractivity contribution in [3.63, 3.8) is 0 Å². The molecule has 1 amide bonds. The first-order chi connectivity index (χ1) is 13.2. The Morgan fingerprint density at radius 1 is 1.25 bits per heavy atom. The average molecular weight is 388 g/mol. The summed E-state index contributed by atoms with van der Waals surface area (Å²) in [5.74, 6) is 1.95. The number of fused-ring (bicyclic) bond motifs is 1. The Balaban J connectivity index is 1.89. The van der Waals surface area contributed by atoms with Gasteiger partial charge in [0.15, 0.2) is 11.5 Å². The summed E-state index contributed by atoms with van der Waals surface area (Å²) in [6, 6.07) is 3.20. The molecule has 1 atom stereocenters. The van der Waals surface area contributed by atoms with E-state index in [0.29, 0.717) is 53.8 Å². The fourth-order valence-corrected chi connectivity index (χ4v) is 3.17. The molecule has 0 spiro atoms. The predicted octanol–water partition coefficient (Wildman–Crippen LogP) is 0.922. The molecule has 0 aliphatic carbocycles. The highest BCUT2D eigenvalue weighted by molar-refractivity contribution is 5.92. The number of carbonyl (C=O) groups excluding carboxylic acids is 1. The third-order valence-electron chi connectivity index (χ3n) is 4.49. The molecule has 1 aromatic carbocycles. The third-order valence-corrected chi connectivity index (χ3v) is 4.49. The van der Waals surface area contributed by atoms with Crippen LogP contribution < -0.4 is 30.7 Å². The number of aromatic nitrogens is 2. The van der Waals surface area contributed by atoms with Crippen LogP contribution in [0.4, 0.5) is 11.8 Å². The minimum Gasteiger partial charge on any atom is -0.493 e. The topological polar surface area (TPSA) is 115 Å². The second kappa shape index (κ2) is 7.67.